The van der Waals surface area contributed by atoms with Crippen molar-refractivity contribution in [3.8, 4) is 11.4 Å². The molecule has 132 valence electrons. The number of rotatable bonds is 5. The second kappa shape index (κ2) is 7.35. The van der Waals surface area contributed by atoms with Crippen LogP contribution >= 0.6 is 0 Å². The summed E-state index contributed by atoms with van der Waals surface area (Å²) in [6, 6.07) is 10.0. The Balaban J connectivity index is 1.29. The van der Waals surface area contributed by atoms with Gasteiger partial charge in [0.25, 0.3) is 0 Å². The Bertz CT molecular complexity index is 716. The zero-order chi connectivity index (χ0) is 17.1. The van der Waals surface area contributed by atoms with Crippen LogP contribution in [0.1, 0.15) is 38.0 Å². The summed E-state index contributed by atoms with van der Waals surface area (Å²) in [5, 5.41) is 4.02. The van der Waals surface area contributed by atoms with E-state index in [1.165, 1.54) is 0 Å². The second-order valence-corrected chi connectivity index (χ2v) is 6.73. The molecular formula is C19H23N3O3. The number of carbonyl (C=O) groups is 1. The van der Waals surface area contributed by atoms with Crippen molar-refractivity contribution in [1.82, 2.24) is 15.0 Å². The number of fused-ring (bicyclic) bond motifs is 1. The minimum absolute atomic E-state index is 0.225. The molecule has 25 heavy (non-hydrogen) atoms. The highest BCUT2D eigenvalue weighted by Crippen LogP contribution is 2.30. The topological polar surface area (TPSA) is 68.5 Å². The van der Waals surface area contributed by atoms with Gasteiger partial charge in [-0.1, -0.05) is 35.5 Å². The first-order valence-electron chi connectivity index (χ1n) is 9.10. The summed E-state index contributed by atoms with van der Waals surface area (Å²) in [5.41, 5.74) is 0.939. The van der Waals surface area contributed by atoms with Crippen LogP contribution in [0.5, 0.6) is 0 Å². The van der Waals surface area contributed by atoms with Crippen molar-refractivity contribution in [2.24, 2.45) is 0 Å². The van der Waals surface area contributed by atoms with Gasteiger partial charge in [-0.25, -0.2) is 0 Å². The third kappa shape index (κ3) is 3.58. The highest BCUT2D eigenvalue weighted by Gasteiger charge is 2.37. The fourth-order valence-electron chi connectivity index (χ4n) is 3.83. The van der Waals surface area contributed by atoms with Gasteiger partial charge >= 0.3 is 0 Å². The van der Waals surface area contributed by atoms with Crippen LogP contribution in [-0.2, 0) is 16.0 Å². The summed E-state index contributed by atoms with van der Waals surface area (Å²) >= 11 is 0. The predicted octanol–water partition coefficient (Wildman–Crippen LogP) is 2.84. The summed E-state index contributed by atoms with van der Waals surface area (Å²) in [6.07, 6.45) is 5.44. The summed E-state index contributed by atoms with van der Waals surface area (Å²) < 4.78 is 11.1. The first-order valence-corrected chi connectivity index (χ1v) is 9.10. The van der Waals surface area contributed by atoms with Crippen LogP contribution in [0.2, 0.25) is 0 Å². The number of nitrogens with zero attached hydrogens (tertiary/aromatic N) is 3. The lowest BCUT2D eigenvalue weighted by Gasteiger charge is -2.37. The van der Waals surface area contributed by atoms with E-state index in [1.54, 1.807) is 0 Å². The van der Waals surface area contributed by atoms with Gasteiger partial charge in [-0.05, 0) is 25.7 Å². The van der Waals surface area contributed by atoms with Crippen LogP contribution in [0.15, 0.2) is 34.9 Å². The van der Waals surface area contributed by atoms with E-state index < -0.39 is 0 Å². The fourth-order valence-corrected chi connectivity index (χ4v) is 3.83. The van der Waals surface area contributed by atoms with Gasteiger partial charge in [-0.2, -0.15) is 4.98 Å². The summed E-state index contributed by atoms with van der Waals surface area (Å²) in [7, 11) is 0. The van der Waals surface area contributed by atoms with Gasteiger partial charge in [0.15, 0.2) is 0 Å². The molecule has 2 aromatic rings. The van der Waals surface area contributed by atoms with Crippen molar-refractivity contribution in [1.29, 1.82) is 0 Å². The quantitative estimate of drug-likeness (QED) is 0.836. The predicted molar refractivity (Wildman–Crippen MR) is 91.8 cm³/mol. The Labute approximate surface area is 147 Å². The molecule has 2 aliphatic rings. The van der Waals surface area contributed by atoms with E-state index >= 15 is 0 Å². The fraction of sp³-hybridized carbons (Fsp3) is 0.526. The number of ether oxygens (including phenoxy) is 1. The molecule has 1 aliphatic heterocycles. The lowest BCUT2D eigenvalue weighted by molar-refractivity contribution is -0.144. The van der Waals surface area contributed by atoms with Gasteiger partial charge in [-0.3, -0.25) is 4.79 Å². The van der Waals surface area contributed by atoms with E-state index in [0.29, 0.717) is 31.2 Å². The molecule has 2 unspecified atom stereocenters. The standard InChI is InChI=1S/C19H23N3O3/c23-18(22-12-13-24-16-9-4-8-15(16)22)11-5-10-17-20-19(21-25-17)14-6-2-1-3-7-14/h1-3,6-7,15-16H,4-5,8-13H2. The van der Waals surface area contributed by atoms with Crippen LogP contribution in [0, 0.1) is 0 Å². The number of carbonyl (C=O) groups excluding carboxylic acids is 1. The molecule has 2 atom stereocenters. The monoisotopic (exact) mass is 341 g/mol. The molecule has 0 radical (unpaired) electrons. The van der Waals surface area contributed by atoms with E-state index in [2.05, 4.69) is 10.1 Å². The van der Waals surface area contributed by atoms with E-state index in [0.717, 1.165) is 37.8 Å². The van der Waals surface area contributed by atoms with Gasteiger partial charge in [-0.15, -0.1) is 0 Å². The molecule has 0 spiro atoms. The molecule has 1 saturated carbocycles. The molecule has 1 amide bonds. The first-order chi connectivity index (χ1) is 12.3. The Hall–Kier alpha value is -2.21. The first kappa shape index (κ1) is 16.3. The van der Waals surface area contributed by atoms with Crippen molar-refractivity contribution in [3.63, 3.8) is 0 Å². The van der Waals surface area contributed by atoms with Gasteiger partial charge in [0.1, 0.15) is 0 Å². The van der Waals surface area contributed by atoms with Crippen LogP contribution < -0.4 is 0 Å². The lowest BCUT2D eigenvalue weighted by atomic mass is 10.1. The third-order valence-electron chi connectivity index (χ3n) is 5.08. The molecule has 0 N–H and O–H groups in total. The summed E-state index contributed by atoms with van der Waals surface area (Å²) in [6.45, 7) is 1.38. The van der Waals surface area contributed by atoms with Gasteiger partial charge in [0.2, 0.25) is 17.6 Å². The average molecular weight is 341 g/mol. The van der Waals surface area contributed by atoms with Crippen LogP contribution in [0.25, 0.3) is 11.4 Å². The van der Waals surface area contributed by atoms with Crippen LogP contribution in [0.4, 0.5) is 0 Å². The molecule has 6 nitrogen and oxygen atoms in total. The molecule has 1 aromatic carbocycles. The maximum Gasteiger partial charge on any atom is 0.226 e. The van der Waals surface area contributed by atoms with E-state index in [4.69, 9.17) is 9.26 Å². The third-order valence-corrected chi connectivity index (χ3v) is 5.08. The minimum atomic E-state index is 0.225. The van der Waals surface area contributed by atoms with Crippen molar-refractivity contribution in [3.05, 3.63) is 36.2 Å². The van der Waals surface area contributed by atoms with Crippen LogP contribution in [0.3, 0.4) is 0 Å². The number of hydrogen-bond acceptors (Lipinski definition) is 5. The molecule has 1 aliphatic carbocycles. The number of aromatic nitrogens is 2. The molecule has 2 heterocycles. The Morgan fingerprint density at radius 2 is 2.12 bits per heavy atom. The molecule has 1 saturated heterocycles. The number of amides is 1. The normalized spacial score (nSPS) is 22.8. The van der Waals surface area contributed by atoms with Gasteiger partial charge < -0.3 is 14.2 Å². The Morgan fingerprint density at radius 3 is 3.00 bits per heavy atom. The smallest absolute Gasteiger partial charge is 0.226 e. The SMILES string of the molecule is O=C(CCCc1nc(-c2ccccc2)no1)N1CCOC2CCCC21. The maximum absolute atomic E-state index is 12.6. The van der Waals surface area contributed by atoms with Crippen LogP contribution in [-0.4, -0.2) is 46.2 Å². The molecule has 2 fully saturated rings. The molecule has 4 rings (SSSR count). The summed E-state index contributed by atoms with van der Waals surface area (Å²) in [5.74, 6) is 1.42. The van der Waals surface area contributed by atoms with E-state index in [-0.39, 0.29) is 18.1 Å². The second-order valence-electron chi connectivity index (χ2n) is 6.73. The highest BCUT2D eigenvalue weighted by atomic mass is 16.5. The maximum atomic E-state index is 12.6. The van der Waals surface area contributed by atoms with Gasteiger partial charge in [0.05, 0.1) is 18.8 Å². The van der Waals surface area contributed by atoms with Crippen molar-refractivity contribution >= 4 is 5.91 Å². The summed E-state index contributed by atoms with van der Waals surface area (Å²) in [4.78, 5) is 19.0. The van der Waals surface area contributed by atoms with Crippen molar-refractivity contribution < 1.29 is 14.1 Å². The molecule has 6 heteroatoms. The average Bonchev–Trinajstić information content (AvgIpc) is 3.31. The number of morpholine rings is 1. The van der Waals surface area contributed by atoms with E-state index in [9.17, 15) is 4.79 Å². The largest absolute Gasteiger partial charge is 0.374 e. The molecule has 0 bridgehead atoms. The Morgan fingerprint density at radius 1 is 1.24 bits per heavy atom. The van der Waals surface area contributed by atoms with E-state index in [1.807, 2.05) is 35.2 Å². The Kier molecular flexibility index (Phi) is 4.78. The van der Waals surface area contributed by atoms with Gasteiger partial charge in [0, 0.05) is 24.9 Å². The number of aryl methyl sites for hydroxylation is 1. The lowest BCUT2D eigenvalue weighted by Crippen LogP contribution is -2.51. The minimum Gasteiger partial charge on any atom is -0.374 e. The molecule has 1 aromatic heterocycles. The zero-order valence-electron chi connectivity index (χ0n) is 14.3. The zero-order valence-corrected chi connectivity index (χ0v) is 14.3. The highest BCUT2D eigenvalue weighted by molar-refractivity contribution is 5.76. The number of hydrogen-bond donors (Lipinski definition) is 0. The molecular weight excluding hydrogens is 318 g/mol. The van der Waals surface area contributed by atoms with Crippen molar-refractivity contribution in [2.45, 2.75) is 50.7 Å². The van der Waals surface area contributed by atoms with Crippen molar-refractivity contribution in [2.75, 3.05) is 13.2 Å². The number of benzene rings is 1.